The number of halogens is 1. The Morgan fingerprint density at radius 3 is 2.26 bits per heavy atom. The molecule has 0 radical (unpaired) electrons. The SMILES string of the molecule is COc1cc(C(=O)NC(C)c2cccc(Cl)c2)cc(OC)c1C. The zero-order valence-corrected chi connectivity index (χ0v) is 14.4. The third-order valence-electron chi connectivity index (χ3n) is 3.71. The van der Waals surface area contributed by atoms with E-state index < -0.39 is 0 Å². The number of carbonyl (C=O) groups is 1. The number of hydrogen-bond donors (Lipinski definition) is 1. The molecule has 0 saturated heterocycles. The average molecular weight is 334 g/mol. The molecule has 2 aromatic rings. The van der Waals surface area contributed by atoms with Crippen molar-refractivity contribution in [2.75, 3.05) is 14.2 Å². The summed E-state index contributed by atoms with van der Waals surface area (Å²) in [5.41, 5.74) is 2.28. The van der Waals surface area contributed by atoms with Crippen LogP contribution in [-0.2, 0) is 0 Å². The van der Waals surface area contributed by atoms with E-state index in [0.29, 0.717) is 22.1 Å². The van der Waals surface area contributed by atoms with Gasteiger partial charge in [-0.05, 0) is 43.7 Å². The van der Waals surface area contributed by atoms with Crippen LogP contribution in [0.1, 0.15) is 34.5 Å². The van der Waals surface area contributed by atoms with Crippen molar-refractivity contribution in [3.05, 3.63) is 58.1 Å². The first-order valence-electron chi connectivity index (χ1n) is 7.25. The van der Waals surface area contributed by atoms with E-state index in [-0.39, 0.29) is 11.9 Å². The van der Waals surface area contributed by atoms with Crippen molar-refractivity contribution in [1.29, 1.82) is 0 Å². The molecule has 0 aliphatic carbocycles. The van der Waals surface area contributed by atoms with E-state index in [4.69, 9.17) is 21.1 Å². The molecule has 122 valence electrons. The predicted molar refractivity (Wildman–Crippen MR) is 91.6 cm³/mol. The maximum Gasteiger partial charge on any atom is 0.252 e. The summed E-state index contributed by atoms with van der Waals surface area (Å²) in [6.45, 7) is 3.79. The first kappa shape index (κ1) is 17.2. The molecule has 0 fully saturated rings. The van der Waals surface area contributed by atoms with Gasteiger partial charge in [-0.1, -0.05) is 23.7 Å². The van der Waals surface area contributed by atoms with Crippen LogP contribution in [0.5, 0.6) is 11.5 Å². The van der Waals surface area contributed by atoms with E-state index in [9.17, 15) is 4.79 Å². The number of hydrogen-bond acceptors (Lipinski definition) is 3. The summed E-state index contributed by atoms with van der Waals surface area (Å²) in [4.78, 5) is 12.5. The summed E-state index contributed by atoms with van der Waals surface area (Å²) in [6.07, 6.45) is 0. The van der Waals surface area contributed by atoms with E-state index in [1.54, 1.807) is 32.4 Å². The van der Waals surface area contributed by atoms with Gasteiger partial charge in [0.15, 0.2) is 0 Å². The summed E-state index contributed by atoms with van der Waals surface area (Å²) in [5.74, 6) is 1.03. The van der Waals surface area contributed by atoms with Gasteiger partial charge in [0.1, 0.15) is 11.5 Å². The highest BCUT2D eigenvalue weighted by atomic mass is 35.5. The number of benzene rings is 2. The van der Waals surface area contributed by atoms with Gasteiger partial charge in [-0.2, -0.15) is 0 Å². The van der Waals surface area contributed by atoms with Gasteiger partial charge in [0.25, 0.3) is 5.91 Å². The van der Waals surface area contributed by atoms with Gasteiger partial charge in [0, 0.05) is 16.1 Å². The lowest BCUT2D eigenvalue weighted by molar-refractivity contribution is 0.0939. The fourth-order valence-electron chi connectivity index (χ4n) is 2.36. The zero-order valence-electron chi connectivity index (χ0n) is 13.6. The van der Waals surface area contributed by atoms with E-state index in [1.165, 1.54) is 0 Å². The Bertz CT molecular complexity index is 690. The van der Waals surface area contributed by atoms with Gasteiger partial charge < -0.3 is 14.8 Å². The van der Waals surface area contributed by atoms with Crippen LogP contribution >= 0.6 is 11.6 Å². The lowest BCUT2D eigenvalue weighted by Crippen LogP contribution is -2.26. The Balaban J connectivity index is 2.23. The van der Waals surface area contributed by atoms with Gasteiger partial charge in [-0.25, -0.2) is 0 Å². The van der Waals surface area contributed by atoms with Crippen molar-refractivity contribution < 1.29 is 14.3 Å². The van der Waals surface area contributed by atoms with E-state index in [1.807, 2.05) is 32.0 Å². The van der Waals surface area contributed by atoms with Gasteiger partial charge in [0.05, 0.1) is 20.3 Å². The molecule has 1 N–H and O–H groups in total. The first-order valence-corrected chi connectivity index (χ1v) is 7.63. The molecule has 23 heavy (non-hydrogen) atoms. The average Bonchev–Trinajstić information content (AvgIpc) is 2.54. The van der Waals surface area contributed by atoms with Crippen molar-refractivity contribution in [3.63, 3.8) is 0 Å². The maximum atomic E-state index is 12.5. The molecule has 0 aromatic heterocycles. The molecule has 2 aromatic carbocycles. The maximum absolute atomic E-state index is 12.5. The summed E-state index contributed by atoms with van der Waals surface area (Å²) < 4.78 is 10.6. The zero-order chi connectivity index (χ0) is 17.0. The molecular formula is C18H20ClNO3. The summed E-state index contributed by atoms with van der Waals surface area (Å²) in [5, 5.41) is 3.59. The molecule has 4 nitrogen and oxygen atoms in total. The second kappa shape index (κ2) is 7.38. The third-order valence-corrected chi connectivity index (χ3v) is 3.95. The predicted octanol–water partition coefficient (Wildman–Crippen LogP) is 4.16. The minimum absolute atomic E-state index is 0.167. The van der Waals surface area contributed by atoms with E-state index in [2.05, 4.69) is 5.32 Å². The minimum atomic E-state index is -0.200. The van der Waals surface area contributed by atoms with Gasteiger partial charge >= 0.3 is 0 Å². The smallest absolute Gasteiger partial charge is 0.252 e. The Morgan fingerprint density at radius 2 is 1.74 bits per heavy atom. The largest absolute Gasteiger partial charge is 0.496 e. The van der Waals surface area contributed by atoms with Crippen LogP contribution < -0.4 is 14.8 Å². The normalized spacial score (nSPS) is 11.7. The lowest BCUT2D eigenvalue weighted by Gasteiger charge is -2.16. The van der Waals surface area contributed by atoms with Crippen LogP contribution in [0.3, 0.4) is 0 Å². The molecule has 0 aliphatic heterocycles. The van der Waals surface area contributed by atoms with Crippen LogP contribution in [0, 0.1) is 6.92 Å². The van der Waals surface area contributed by atoms with E-state index in [0.717, 1.165) is 11.1 Å². The Morgan fingerprint density at radius 1 is 1.13 bits per heavy atom. The molecule has 1 unspecified atom stereocenters. The molecule has 0 heterocycles. The molecule has 0 spiro atoms. The van der Waals surface area contributed by atoms with Crippen LogP contribution in [0.4, 0.5) is 0 Å². The number of nitrogens with one attached hydrogen (secondary N) is 1. The van der Waals surface area contributed by atoms with Crippen LogP contribution in [0.25, 0.3) is 0 Å². The second-order valence-electron chi connectivity index (χ2n) is 5.26. The summed E-state index contributed by atoms with van der Waals surface area (Å²) in [6, 6.07) is 10.7. The van der Waals surface area contributed by atoms with Crippen molar-refractivity contribution in [2.45, 2.75) is 19.9 Å². The van der Waals surface area contributed by atoms with Crippen molar-refractivity contribution in [2.24, 2.45) is 0 Å². The van der Waals surface area contributed by atoms with Crippen LogP contribution in [0.2, 0.25) is 5.02 Å². The highest BCUT2D eigenvalue weighted by Gasteiger charge is 2.16. The monoisotopic (exact) mass is 333 g/mol. The van der Waals surface area contributed by atoms with Crippen molar-refractivity contribution >= 4 is 17.5 Å². The molecule has 2 rings (SSSR count). The van der Waals surface area contributed by atoms with Gasteiger partial charge in [-0.15, -0.1) is 0 Å². The Labute approximate surface area is 141 Å². The number of ether oxygens (including phenoxy) is 2. The third kappa shape index (κ3) is 3.96. The molecule has 1 amide bonds. The summed E-state index contributed by atoms with van der Waals surface area (Å²) in [7, 11) is 3.14. The van der Waals surface area contributed by atoms with Crippen molar-refractivity contribution in [1.82, 2.24) is 5.32 Å². The van der Waals surface area contributed by atoms with Crippen LogP contribution in [-0.4, -0.2) is 20.1 Å². The Kier molecular flexibility index (Phi) is 5.50. The van der Waals surface area contributed by atoms with Gasteiger partial charge in [-0.3, -0.25) is 4.79 Å². The number of methoxy groups -OCH3 is 2. The fourth-order valence-corrected chi connectivity index (χ4v) is 2.56. The highest BCUT2D eigenvalue weighted by Crippen LogP contribution is 2.29. The van der Waals surface area contributed by atoms with E-state index >= 15 is 0 Å². The van der Waals surface area contributed by atoms with Crippen molar-refractivity contribution in [3.8, 4) is 11.5 Å². The molecule has 1 atom stereocenters. The minimum Gasteiger partial charge on any atom is -0.496 e. The lowest BCUT2D eigenvalue weighted by atomic mass is 10.1. The Hall–Kier alpha value is -2.20. The molecule has 5 heteroatoms. The molecule has 0 saturated carbocycles. The summed E-state index contributed by atoms with van der Waals surface area (Å²) >= 11 is 5.99. The van der Waals surface area contributed by atoms with Gasteiger partial charge in [0.2, 0.25) is 0 Å². The number of carbonyl (C=O) groups excluding carboxylic acids is 1. The number of rotatable bonds is 5. The quantitative estimate of drug-likeness (QED) is 0.893. The topological polar surface area (TPSA) is 47.6 Å². The molecular weight excluding hydrogens is 314 g/mol. The number of amides is 1. The highest BCUT2D eigenvalue weighted by molar-refractivity contribution is 6.30. The fraction of sp³-hybridized carbons (Fsp3) is 0.278. The molecule has 0 aliphatic rings. The van der Waals surface area contributed by atoms with Crippen LogP contribution in [0.15, 0.2) is 36.4 Å². The first-order chi connectivity index (χ1) is 11.0. The molecule has 0 bridgehead atoms. The standard InChI is InChI=1S/C18H20ClNO3/c1-11-16(22-3)9-14(10-17(11)23-4)18(21)20-12(2)13-6-5-7-15(19)8-13/h5-10,12H,1-4H3,(H,20,21). The second-order valence-corrected chi connectivity index (χ2v) is 5.69.